The van der Waals surface area contributed by atoms with Gasteiger partial charge in [-0.1, -0.05) is 5.16 Å². The second-order valence-corrected chi connectivity index (χ2v) is 5.22. The van der Waals surface area contributed by atoms with E-state index in [2.05, 4.69) is 20.1 Å². The summed E-state index contributed by atoms with van der Waals surface area (Å²) >= 11 is 0. The van der Waals surface area contributed by atoms with Gasteiger partial charge in [-0.15, -0.1) is 0 Å². The van der Waals surface area contributed by atoms with E-state index in [1.54, 1.807) is 24.2 Å². The second kappa shape index (κ2) is 4.41. The van der Waals surface area contributed by atoms with Crippen LogP contribution in [0.4, 0.5) is 0 Å². The van der Waals surface area contributed by atoms with Crippen LogP contribution in [0.2, 0.25) is 0 Å². The number of amides is 1. The third-order valence-electron chi connectivity index (χ3n) is 3.73. The van der Waals surface area contributed by atoms with Gasteiger partial charge in [0.15, 0.2) is 5.82 Å². The first-order valence-electron chi connectivity index (χ1n) is 6.73. The molecule has 2 aromatic heterocycles. The van der Waals surface area contributed by atoms with E-state index >= 15 is 0 Å². The summed E-state index contributed by atoms with van der Waals surface area (Å²) < 4.78 is 5.14. The van der Waals surface area contributed by atoms with E-state index in [-0.39, 0.29) is 11.8 Å². The Labute approximate surface area is 120 Å². The molecule has 0 atom stereocenters. The van der Waals surface area contributed by atoms with E-state index < -0.39 is 0 Å². The van der Waals surface area contributed by atoms with Gasteiger partial charge in [-0.3, -0.25) is 4.79 Å². The number of carbonyl (C=O) groups excluding carboxylic acids is 1. The van der Waals surface area contributed by atoms with Crippen LogP contribution in [0.15, 0.2) is 29.0 Å². The molecule has 0 bridgehead atoms. The molecule has 7 nitrogen and oxygen atoms in total. The number of aromatic nitrogens is 4. The van der Waals surface area contributed by atoms with Crippen LogP contribution in [0, 0.1) is 6.92 Å². The van der Waals surface area contributed by atoms with Gasteiger partial charge in [0.1, 0.15) is 0 Å². The number of carbonyl (C=O) groups is 1. The highest BCUT2D eigenvalue weighted by atomic mass is 16.5. The number of aryl methyl sites for hydroxylation is 1. The van der Waals surface area contributed by atoms with Crippen molar-refractivity contribution >= 4 is 16.9 Å². The van der Waals surface area contributed by atoms with E-state index in [0.29, 0.717) is 30.4 Å². The topological polar surface area (TPSA) is 87.9 Å². The maximum atomic E-state index is 12.4. The lowest BCUT2D eigenvalue weighted by Gasteiger charge is -2.37. The van der Waals surface area contributed by atoms with Crippen molar-refractivity contribution in [2.75, 3.05) is 13.1 Å². The molecule has 106 valence electrons. The van der Waals surface area contributed by atoms with E-state index in [9.17, 15) is 4.79 Å². The monoisotopic (exact) mass is 283 g/mol. The lowest BCUT2D eigenvalue weighted by molar-refractivity contribution is 0.0569. The van der Waals surface area contributed by atoms with Gasteiger partial charge in [-0.2, -0.15) is 4.98 Å². The first-order chi connectivity index (χ1) is 10.2. The second-order valence-electron chi connectivity index (χ2n) is 5.22. The average molecular weight is 283 g/mol. The summed E-state index contributed by atoms with van der Waals surface area (Å²) in [4.78, 5) is 25.5. The predicted molar refractivity (Wildman–Crippen MR) is 73.8 cm³/mol. The molecule has 1 aliphatic rings. The van der Waals surface area contributed by atoms with Crippen molar-refractivity contribution in [2.24, 2.45) is 0 Å². The Bertz CT molecular complexity index is 816. The highest BCUT2D eigenvalue weighted by Crippen LogP contribution is 2.27. The Balaban J connectivity index is 1.49. The molecule has 1 aliphatic heterocycles. The van der Waals surface area contributed by atoms with Crippen LogP contribution in [-0.2, 0) is 0 Å². The molecule has 0 unspecified atom stereocenters. The Morgan fingerprint density at radius 3 is 3.05 bits per heavy atom. The van der Waals surface area contributed by atoms with Gasteiger partial charge in [0.2, 0.25) is 5.89 Å². The third kappa shape index (κ3) is 1.97. The van der Waals surface area contributed by atoms with Crippen LogP contribution < -0.4 is 0 Å². The molecular formula is C14H13N5O2. The van der Waals surface area contributed by atoms with Crippen LogP contribution in [0.25, 0.3) is 11.0 Å². The summed E-state index contributed by atoms with van der Waals surface area (Å²) in [7, 11) is 0. The number of hydrogen-bond acceptors (Lipinski definition) is 5. The van der Waals surface area contributed by atoms with Crippen molar-refractivity contribution in [1.29, 1.82) is 0 Å². The van der Waals surface area contributed by atoms with Gasteiger partial charge in [-0.25, -0.2) is 4.98 Å². The fourth-order valence-corrected chi connectivity index (χ4v) is 2.53. The molecule has 21 heavy (non-hydrogen) atoms. The zero-order valence-electron chi connectivity index (χ0n) is 11.4. The lowest BCUT2D eigenvalue weighted by Crippen LogP contribution is -2.48. The first kappa shape index (κ1) is 12.1. The molecule has 3 aromatic rings. The highest BCUT2D eigenvalue weighted by molar-refractivity contribution is 5.97. The van der Waals surface area contributed by atoms with E-state index in [0.717, 1.165) is 11.0 Å². The van der Waals surface area contributed by atoms with Gasteiger partial charge < -0.3 is 14.4 Å². The van der Waals surface area contributed by atoms with Gasteiger partial charge in [-0.05, 0) is 25.1 Å². The number of benzene rings is 1. The fraction of sp³-hybridized carbons (Fsp3) is 0.286. The predicted octanol–water partition coefficient (Wildman–Crippen LogP) is 1.49. The normalized spacial score (nSPS) is 15.4. The minimum Gasteiger partial charge on any atom is -0.345 e. The molecule has 3 heterocycles. The largest absolute Gasteiger partial charge is 0.345 e. The summed E-state index contributed by atoms with van der Waals surface area (Å²) in [5, 5.41) is 3.78. The first-order valence-corrected chi connectivity index (χ1v) is 6.73. The third-order valence-corrected chi connectivity index (χ3v) is 3.73. The molecule has 1 N–H and O–H groups in total. The molecule has 0 radical (unpaired) electrons. The van der Waals surface area contributed by atoms with E-state index in [1.807, 2.05) is 12.1 Å². The maximum absolute atomic E-state index is 12.4. The number of likely N-dealkylation sites (tertiary alicyclic amines) is 1. The molecule has 1 aromatic carbocycles. The van der Waals surface area contributed by atoms with Gasteiger partial charge >= 0.3 is 0 Å². The fourth-order valence-electron chi connectivity index (χ4n) is 2.53. The van der Waals surface area contributed by atoms with Crippen molar-refractivity contribution in [3.63, 3.8) is 0 Å². The standard InChI is InChI=1S/C14H13N5O2/c1-8-17-13(21-18-8)10-5-19(6-10)14(20)9-2-3-11-12(4-9)16-7-15-11/h2-4,7,10H,5-6H2,1H3,(H,15,16). The van der Waals surface area contributed by atoms with Crippen molar-refractivity contribution in [2.45, 2.75) is 12.8 Å². The van der Waals surface area contributed by atoms with Crippen LogP contribution in [-0.4, -0.2) is 44.0 Å². The Kier molecular flexibility index (Phi) is 2.53. The summed E-state index contributed by atoms with van der Waals surface area (Å²) in [5.74, 6) is 1.39. The molecule has 0 spiro atoms. The molecule has 1 saturated heterocycles. The van der Waals surface area contributed by atoms with Gasteiger partial charge in [0, 0.05) is 18.7 Å². The lowest BCUT2D eigenvalue weighted by atomic mass is 9.98. The quantitative estimate of drug-likeness (QED) is 0.770. The number of nitrogens with zero attached hydrogens (tertiary/aromatic N) is 4. The van der Waals surface area contributed by atoms with Crippen molar-refractivity contribution in [3.8, 4) is 0 Å². The molecule has 4 rings (SSSR count). The number of fused-ring (bicyclic) bond motifs is 1. The summed E-state index contributed by atoms with van der Waals surface area (Å²) in [5.41, 5.74) is 2.38. The maximum Gasteiger partial charge on any atom is 0.253 e. The Morgan fingerprint density at radius 1 is 1.43 bits per heavy atom. The van der Waals surface area contributed by atoms with Crippen molar-refractivity contribution in [3.05, 3.63) is 41.8 Å². The summed E-state index contributed by atoms with van der Waals surface area (Å²) in [6.45, 7) is 3.01. The number of hydrogen-bond donors (Lipinski definition) is 1. The van der Waals surface area contributed by atoms with Crippen LogP contribution in [0.5, 0.6) is 0 Å². The summed E-state index contributed by atoms with van der Waals surface area (Å²) in [6, 6.07) is 5.47. The molecule has 7 heteroatoms. The SMILES string of the molecule is Cc1noc(C2CN(C(=O)c3ccc4nc[nH]c4c3)C2)n1. The van der Waals surface area contributed by atoms with Gasteiger partial charge in [0.25, 0.3) is 5.91 Å². The minimum absolute atomic E-state index is 0.0130. The van der Waals surface area contributed by atoms with Crippen LogP contribution in [0.1, 0.15) is 28.0 Å². The zero-order valence-corrected chi connectivity index (χ0v) is 11.4. The highest BCUT2D eigenvalue weighted by Gasteiger charge is 2.35. The molecule has 0 saturated carbocycles. The number of nitrogens with one attached hydrogen (secondary N) is 1. The van der Waals surface area contributed by atoms with Crippen molar-refractivity contribution < 1.29 is 9.32 Å². The number of aromatic amines is 1. The molecular weight excluding hydrogens is 270 g/mol. The average Bonchev–Trinajstić information content (AvgIpc) is 3.05. The minimum atomic E-state index is 0.0130. The van der Waals surface area contributed by atoms with Crippen molar-refractivity contribution in [1.82, 2.24) is 25.0 Å². The Morgan fingerprint density at radius 2 is 2.29 bits per heavy atom. The molecule has 1 fully saturated rings. The number of H-pyrrole nitrogens is 1. The van der Waals surface area contributed by atoms with Crippen LogP contribution in [0.3, 0.4) is 0 Å². The number of rotatable bonds is 2. The smallest absolute Gasteiger partial charge is 0.253 e. The van der Waals surface area contributed by atoms with E-state index in [1.165, 1.54) is 0 Å². The van der Waals surface area contributed by atoms with E-state index in [4.69, 9.17) is 4.52 Å². The molecule has 0 aliphatic carbocycles. The summed E-state index contributed by atoms with van der Waals surface area (Å²) in [6.07, 6.45) is 1.62. The Hall–Kier alpha value is -2.70. The van der Waals surface area contributed by atoms with Crippen LogP contribution >= 0.6 is 0 Å². The number of imidazole rings is 1. The molecule has 1 amide bonds. The zero-order chi connectivity index (χ0) is 14.4. The van der Waals surface area contributed by atoms with Gasteiger partial charge in [0.05, 0.1) is 23.3 Å².